The van der Waals surface area contributed by atoms with Gasteiger partial charge in [-0.05, 0) is 50.6 Å². The summed E-state index contributed by atoms with van der Waals surface area (Å²) in [6.45, 7) is 5.94. The summed E-state index contributed by atoms with van der Waals surface area (Å²) in [7, 11) is 0. The molecule has 0 saturated heterocycles. The van der Waals surface area contributed by atoms with Crippen molar-refractivity contribution in [3.63, 3.8) is 0 Å². The second-order valence-electron chi connectivity index (χ2n) is 6.27. The number of carbonyl (C=O) groups is 1. The summed E-state index contributed by atoms with van der Waals surface area (Å²) in [5, 5.41) is 8.10. The predicted molar refractivity (Wildman–Crippen MR) is 115 cm³/mol. The van der Waals surface area contributed by atoms with Crippen molar-refractivity contribution < 1.29 is 9.53 Å². The van der Waals surface area contributed by atoms with Gasteiger partial charge in [0, 0.05) is 21.8 Å². The number of halogens is 1. The Balaban J connectivity index is 2.12. The lowest BCUT2D eigenvalue weighted by molar-refractivity contribution is -0.137. The van der Waals surface area contributed by atoms with Gasteiger partial charge in [-0.15, -0.1) is 0 Å². The molecule has 5 nitrogen and oxygen atoms in total. The zero-order valence-electron chi connectivity index (χ0n) is 16.1. The first kappa shape index (κ1) is 19.9. The molecular weight excluding hydrogens is 418 g/mol. The molecule has 28 heavy (non-hydrogen) atoms. The fourth-order valence-electron chi connectivity index (χ4n) is 2.97. The van der Waals surface area contributed by atoms with Gasteiger partial charge in [0.25, 0.3) is 0 Å². The maximum atomic E-state index is 11.8. The smallest absolute Gasteiger partial charge is 0.332 e. The van der Waals surface area contributed by atoms with Crippen molar-refractivity contribution in [2.75, 3.05) is 11.9 Å². The Kier molecular flexibility index (Phi) is 6.31. The number of hydrogen-bond acceptors (Lipinski definition) is 4. The Bertz CT molecular complexity index is 1010. The highest BCUT2D eigenvalue weighted by atomic mass is 79.9. The van der Waals surface area contributed by atoms with E-state index in [2.05, 4.69) is 27.3 Å². The van der Waals surface area contributed by atoms with E-state index in [1.807, 2.05) is 67.1 Å². The van der Waals surface area contributed by atoms with Crippen LogP contribution in [0.25, 0.3) is 16.8 Å². The molecule has 3 aromatic rings. The van der Waals surface area contributed by atoms with Gasteiger partial charge in [-0.3, -0.25) is 0 Å². The van der Waals surface area contributed by atoms with E-state index in [9.17, 15) is 4.79 Å². The van der Waals surface area contributed by atoms with E-state index < -0.39 is 0 Å². The number of hydrogen-bond donors (Lipinski definition) is 1. The number of aromatic nitrogens is 2. The van der Waals surface area contributed by atoms with Gasteiger partial charge in [-0.1, -0.05) is 46.3 Å². The number of benzene rings is 2. The molecule has 1 aromatic heterocycles. The third-order valence-corrected chi connectivity index (χ3v) is 4.60. The van der Waals surface area contributed by atoms with Crippen molar-refractivity contribution in [3.05, 3.63) is 76.5 Å². The normalized spacial score (nSPS) is 11.4. The summed E-state index contributed by atoms with van der Waals surface area (Å²) in [6.07, 6.45) is 1.45. The van der Waals surface area contributed by atoms with Crippen LogP contribution in [-0.2, 0) is 9.53 Å². The van der Waals surface area contributed by atoms with E-state index in [0.717, 1.165) is 32.8 Å². The molecule has 1 heterocycles. The van der Waals surface area contributed by atoms with Gasteiger partial charge in [0.1, 0.15) is 5.82 Å². The maximum Gasteiger partial charge on any atom is 0.332 e. The van der Waals surface area contributed by atoms with E-state index in [4.69, 9.17) is 9.84 Å². The molecular formula is C22H22BrN3O2. The molecule has 0 atom stereocenters. The monoisotopic (exact) mass is 439 g/mol. The number of nitrogens with zero attached hydrogens (tertiary/aromatic N) is 2. The van der Waals surface area contributed by atoms with E-state index >= 15 is 0 Å². The van der Waals surface area contributed by atoms with Crippen LogP contribution in [0.3, 0.4) is 0 Å². The average molecular weight is 440 g/mol. The van der Waals surface area contributed by atoms with Crippen molar-refractivity contribution in [3.8, 4) is 16.8 Å². The first-order chi connectivity index (χ1) is 13.5. The van der Waals surface area contributed by atoms with Crippen LogP contribution >= 0.6 is 15.9 Å². The van der Waals surface area contributed by atoms with Crippen molar-refractivity contribution in [2.24, 2.45) is 0 Å². The zero-order valence-corrected chi connectivity index (χ0v) is 17.7. The number of ether oxygens (including phenoxy) is 1. The summed E-state index contributed by atoms with van der Waals surface area (Å²) in [5.41, 5.74) is 4.49. The molecule has 3 rings (SSSR count). The maximum absolute atomic E-state index is 11.8. The quantitative estimate of drug-likeness (QED) is 0.407. The Hall–Kier alpha value is -2.86. The van der Waals surface area contributed by atoms with Gasteiger partial charge in [0.05, 0.1) is 18.0 Å². The molecule has 0 amide bonds. The molecule has 0 bridgehead atoms. The van der Waals surface area contributed by atoms with E-state index in [1.165, 1.54) is 6.08 Å². The highest BCUT2D eigenvalue weighted by molar-refractivity contribution is 9.10. The minimum absolute atomic E-state index is 0.340. The predicted octanol–water partition coefficient (Wildman–Crippen LogP) is 5.49. The first-order valence-corrected chi connectivity index (χ1v) is 9.82. The lowest BCUT2D eigenvalue weighted by Crippen LogP contribution is -2.08. The number of rotatable bonds is 6. The van der Waals surface area contributed by atoms with Crippen LogP contribution in [0.1, 0.15) is 19.5 Å². The number of esters is 1. The number of nitrogens with one attached hydrogen (secondary N) is 1. The van der Waals surface area contributed by atoms with Gasteiger partial charge in [0.2, 0.25) is 0 Å². The van der Waals surface area contributed by atoms with E-state index in [-0.39, 0.29) is 5.97 Å². The highest BCUT2D eigenvalue weighted by Gasteiger charge is 2.19. The molecule has 0 spiro atoms. The number of allylic oxidation sites excluding steroid dienone is 1. The number of anilines is 1. The molecule has 1 N–H and O–H groups in total. The van der Waals surface area contributed by atoms with Crippen molar-refractivity contribution in [1.29, 1.82) is 0 Å². The zero-order chi connectivity index (χ0) is 20.1. The van der Waals surface area contributed by atoms with Crippen molar-refractivity contribution in [2.45, 2.75) is 20.8 Å². The Morgan fingerprint density at radius 3 is 2.64 bits per heavy atom. The minimum Gasteiger partial charge on any atom is -0.463 e. The summed E-state index contributed by atoms with van der Waals surface area (Å²) in [4.78, 5) is 11.8. The molecule has 0 unspecified atom stereocenters. The molecule has 0 saturated carbocycles. The Labute approximate surface area is 173 Å². The van der Waals surface area contributed by atoms with Gasteiger partial charge in [0.15, 0.2) is 0 Å². The lowest BCUT2D eigenvalue weighted by atomic mass is 10.1. The molecule has 0 fully saturated rings. The second-order valence-corrected chi connectivity index (χ2v) is 7.19. The summed E-state index contributed by atoms with van der Waals surface area (Å²) in [6, 6.07) is 18.0. The fourth-order valence-corrected chi connectivity index (χ4v) is 3.37. The molecule has 0 aliphatic rings. The highest BCUT2D eigenvalue weighted by Crippen LogP contribution is 2.35. The van der Waals surface area contributed by atoms with Gasteiger partial charge in [-0.2, -0.15) is 5.10 Å². The van der Waals surface area contributed by atoms with Crippen LogP contribution in [0.2, 0.25) is 0 Å². The summed E-state index contributed by atoms with van der Waals surface area (Å²) < 4.78 is 7.86. The topological polar surface area (TPSA) is 56.1 Å². The Morgan fingerprint density at radius 2 is 1.96 bits per heavy atom. The van der Waals surface area contributed by atoms with Crippen LogP contribution in [-0.4, -0.2) is 22.4 Å². The first-order valence-electron chi connectivity index (χ1n) is 9.02. The van der Waals surface area contributed by atoms with E-state index in [0.29, 0.717) is 12.3 Å². The largest absolute Gasteiger partial charge is 0.463 e. The van der Waals surface area contributed by atoms with Crippen LogP contribution in [0.4, 0.5) is 5.82 Å². The molecule has 0 aliphatic heterocycles. The molecule has 144 valence electrons. The van der Waals surface area contributed by atoms with Crippen LogP contribution in [0.5, 0.6) is 0 Å². The third kappa shape index (κ3) is 4.51. The third-order valence-electron chi connectivity index (χ3n) is 4.11. The number of carbonyl (C=O) groups excluding carboxylic acids is 1. The standard InChI is InChI=1S/C22H22BrN3O2/c1-4-28-20(27)13-15(2)24-22-21(17-9-8-10-18(23)14-17)16(3)25-26(22)19-11-6-5-7-12-19/h5-14,24H,4H2,1-3H3/b15-13-. The van der Waals surface area contributed by atoms with E-state index in [1.54, 1.807) is 6.92 Å². The lowest BCUT2D eigenvalue weighted by Gasteiger charge is -2.13. The number of aryl methyl sites for hydroxylation is 1. The summed E-state index contributed by atoms with van der Waals surface area (Å²) >= 11 is 3.54. The van der Waals surface area contributed by atoms with Gasteiger partial charge >= 0.3 is 5.97 Å². The van der Waals surface area contributed by atoms with Gasteiger partial charge in [-0.25, -0.2) is 9.48 Å². The Morgan fingerprint density at radius 1 is 1.21 bits per heavy atom. The van der Waals surface area contributed by atoms with Gasteiger partial charge < -0.3 is 10.1 Å². The van der Waals surface area contributed by atoms with Crippen molar-refractivity contribution in [1.82, 2.24) is 9.78 Å². The number of para-hydroxylation sites is 1. The second kappa shape index (κ2) is 8.89. The fraction of sp³-hybridized carbons (Fsp3) is 0.182. The van der Waals surface area contributed by atoms with Crippen LogP contribution in [0, 0.1) is 6.92 Å². The molecule has 0 radical (unpaired) electrons. The molecule has 0 aliphatic carbocycles. The van der Waals surface area contributed by atoms with Crippen LogP contribution in [0.15, 0.2) is 70.8 Å². The van der Waals surface area contributed by atoms with Crippen molar-refractivity contribution >= 4 is 27.7 Å². The average Bonchev–Trinajstić information content (AvgIpc) is 2.98. The van der Waals surface area contributed by atoms with Crippen LogP contribution < -0.4 is 5.32 Å². The SMILES string of the molecule is CCOC(=O)/C=C(/C)Nc1c(-c2cccc(Br)c2)c(C)nn1-c1ccccc1. The minimum atomic E-state index is -0.376. The molecule has 6 heteroatoms. The summed E-state index contributed by atoms with van der Waals surface area (Å²) in [5.74, 6) is 0.416. The molecule has 2 aromatic carbocycles.